The smallest absolute Gasteiger partial charge is 0.254 e. The van der Waals surface area contributed by atoms with Crippen molar-refractivity contribution in [2.75, 3.05) is 32.8 Å². The van der Waals surface area contributed by atoms with E-state index in [1.165, 1.54) is 25.0 Å². The third-order valence-corrected chi connectivity index (χ3v) is 5.58. The summed E-state index contributed by atoms with van der Waals surface area (Å²) in [6.07, 6.45) is 3.58. The van der Waals surface area contributed by atoms with Crippen LogP contribution in [0.5, 0.6) is 0 Å². The minimum Gasteiger partial charge on any atom is -0.396 e. The Morgan fingerprint density at radius 2 is 2.09 bits per heavy atom. The van der Waals surface area contributed by atoms with E-state index in [1.807, 2.05) is 4.90 Å². The van der Waals surface area contributed by atoms with Crippen LogP contribution in [0.15, 0.2) is 24.3 Å². The fourth-order valence-electron chi connectivity index (χ4n) is 4.18. The zero-order valence-corrected chi connectivity index (χ0v) is 13.2. The van der Waals surface area contributed by atoms with Crippen molar-refractivity contribution in [2.24, 2.45) is 11.8 Å². The number of amides is 1. The molecule has 3 fully saturated rings. The monoisotopic (exact) mass is 318 g/mol. The predicted molar refractivity (Wildman–Crippen MR) is 84.5 cm³/mol. The first kappa shape index (κ1) is 15.1. The zero-order chi connectivity index (χ0) is 16.0. The molecule has 124 valence electrons. The van der Waals surface area contributed by atoms with Crippen molar-refractivity contribution in [3.05, 3.63) is 35.6 Å². The molecule has 23 heavy (non-hydrogen) atoms. The van der Waals surface area contributed by atoms with Gasteiger partial charge in [-0.25, -0.2) is 4.39 Å². The molecule has 2 aliphatic heterocycles. The second-order valence-corrected chi connectivity index (χ2v) is 7.50. The summed E-state index contributed by atoms with van der Waals surface area (Å²) in [6.45, 7) is 3.66. The molecule has 2 heterocycles. The van der Waals surface area contributed by atoms with Crippen molar-refractivity contribution < 1.29 is 14.3 Å². The normalized spacial score (nSPS) is 26.5. The van der Waals surface area contributed by atoms with Gasteiger partial charge in [0.1, 0.15) is 5.82 Å². The number of hydrogen-bond acceptors (Lipinski definition) is 3. The predicted octanol–water partition coefficient (Wildman–Crippen LogP) is 1.74. The first-order valence-electron chi connectivity index (χ1n) is 8.50. The molecule has 0 aromatic heterocycles. The molecule has 0 radical (unpaired) electrons. The second-order valence-electron chi connectivity index (χ2n) is 7.50. The standard InChI is InChI=1S/C18H23FN2O2/c19-16-3-1-2-15(6-16)17(23)20-11-18(12-20)7-14(10-22)9-21(18)8-13-4-5-13/h1-3,6,13-14,22H,4-5,7-12H2/t14-/m1/s1. The maximum atomic E-state index is 13.3. The van der Waals surface area contributed by atoms with E-state index in [2.05, 4.69) is 4.90 Å². The Balaban J connectivity index is 1.44. The summed E-state index contributed by atoms with van der Waals surface area (Å²) in [6, 6.07) is 5.91. The highest BCUT2D eigenvalue weighted by Gasteiger charge is 2.55. The SMILES string of the molecule is O=C(c1cccc(F)c1)N1CC2(C[C@@H](CO)CN2CC2CC2)C1. The van der Waals surface area contributed by atoms with Crippen LogP contribution in [0, 0.1) is 17.7 Å². The molecule has 1 aromatic carbocycles. The number of aliphatic hydroxyl groups is 1. The van der Waals surface area contributed by atoms with Gasteiger partial charge in [0, 0.05) is 38.3 Å². The molecule has 1 saturated carbocycles. The average molecular weight is 318 g/mol. The molecule has 1 aromatic rings. The van der Waals surface area contributed by atoms with E-state index in [4.69, 9.17) is 0 Å². The molecule has 0 unspecified atom stereocenters. The van der Waals surface area contributed by atoms with Crippen molar-refractivity contribution in [1.29, 1.82) is 0 Å². The lowest BCUT2D eigenvalue weighted by molar-refractivity contribution is -0.0200. The number of benzene rings is 1. The minimum absolute atomic E-state index is 0.0406. The number of hydrogen-bond donors (Lipinski definition) is 1. The number of carbonyl (C=O) groups excluding carboxylic acids is 1. The van der Waals surface area contributed by atoms with Gasteiger partial charge in [-0.2, -0.15) is 0 Å². The molecular weight excluding hydrogens is 295 g/mol. The highest BCUT2D eigenvalue weighted by molar-refractivity contribution is 5.95. The van der Waals surface area contributed by atoms with Crippen molar-refractivity contribution in [3.8, 4) is 0 Å². The highest BCUT2D eigenvalue weighted by Crippen LogP contribution is 2.43. The van der Waals surface area contributed by atoms with Crippen LogP contribution >= 0.6 is 0 Å². The maximum Gasteiger partial charge on any atom is 0.254 e. The molecule has 5 heteroatoms. The van der Waals surface area contributed by atoms with E-state index < -0.39 is 0 Å². The number of carbonyl (C=O) groups is 1. The summed E-state index contributed by atoms with van der Waals surface area (Å²) in [5, 5.41) is 9.52. The van der Waals surface area contributed by atoms with Crippen molar-refractivity contribution >= 4 is 5.91 Å². The van der Waals surface area contributed by atoms with Gasteiger partial charge >= 0.3 is 0 Å². The van der Waals surface area contributed by atoms with Crippen molar-refractivity contribution in [3.63, 3.8) is 0 Å². The molecule has 1 amide bonds. The lowest BCUT2D eigenvalue weighted by Gasteiger charge is -2.53. The third-order valence-electron chi connectivity index (χ3n) is 5.58. The van der Waals surface area contributed by atoms with Crippen LogP contribution in [0.2, 0.25) is 0 Å². The maximum absolute atomic E-state index is 13.3. The van der Waals surface area contributed by atoms with E-state index >= 15 is 0 Å². The minimum atomic E-state index is -0.373. The number of rotatable bonds is 4. The van der Waals surface area contributed by atoms with Gasteiger partial charge in [-0.05, 0) is 49.3 Å². The van der Waals surface area contributed by atoms with E-state index in [-0.39, 0.29) is 23.9 Å². The molecular formula is C18H23FN2O2. The molecule has 1 N–H and O–H groups in total. The Labute approximate surface area is 135 Å². The summed E-state index contributed by atoms with van der Waals surface area (Å²) < 4.78 is 13.3. The van der Waals surface area contributed by atoms with Crippen LogP contribution in [-0.2, 0) is 0 Å². The Morgan fingerprint density at radius 3 is 2.74 bits per heavy atom. The van der Waals surface area contributed by atoms with Gasteiger partial charge in [-0.1, -0.05) is 6.07 Å². The van der Waals surface area contributed by atoms with Crippen molar-refractivity contribution in [2.45, 2.75) is 24.8 Å². The van der Waals surface area contributed by atoms with E-state index in [9.17, 15) is 14.3 Å². The van der Waals surface area contributed by atoms with Crippen LogP contribution in [0.3, 0.4) is 0 Å². The molecule has 1 spiro atoms. The van der Waals surface area contributed by atoms with E-state index in [1.54, 1.807) is 12.1 Å². The lowest BCUT2D eigenvalue weighted by Crippen LogP contribution is -2.69. The summed E-state index contributed by atoms with van der Waals surface area (Å²) in [5.74, 6) is 0.661. The molecule has 3 aliphatic rings. The van der Waals surface area contributed by atoms with Crippen LogP contribution in [-0.4, -0.2) is 59.1 Å². The van der Waals surface area contributed by atoms with Crippen LogP contribution < -0.4 is 0 Å². The molecule has 4 nitrogen and oxygen atoms in total. The molecule has 2 saturated heterocycles. The topological polar surface area (TPSA) is 43.8 Å². The quantitative estimate of drug-likeness (QED) is 0.920. The summed E-state index contributed by atoms with van der Waals surface area (Å²) in [5.41, 5.74) is 0.462. The van der Waals surface area contributed by atoms with E-state index in [0.29, 0.717) is 24.6 Å². The van der Waals surface area contributed by atoms with Gasteiger partial charge in [0.2, 0.25) is 0 Å². The zero-order valence-electron chi connectivity index (χ0n) is 13.2. The van der Waals surface area contributed by atoms with Crippen LogP contribution in [0.25, 0.3) is 0 Å². The summed E-state index contributed by atoms with van der Waals surface area (Å²) >= 11 is 0. The Morgan fingerprint density at radius 1 is 1.30 bits per heavy atom. The Bertz CT molecular complexity index is 611. The average Bonchev–Trinajstić information content (AvgIpc) is 3.24. The molecule has 1 aliphatic carbocycles. The van der Waals surface area contributed by atoms with E-state index in [0.717, 1.165) is 25.4 Å². The molecule has 1 atom stereocenters. The summed E-state index contributed by atoms with van der Waals surface area (Å²) in [4.78, 5) is 16.8. The Kier molecular flexibility index (Phi) is 3.65. The van der Waals surface area contributed by atoms with Crippen LogP contribution in [0.1, 0.15) is 29.6 Å². The van der Waals surface area contributed by atoms with Crippen molar-refractivity contribution in [1.82, 2.24) is 9.80 Å². The number of likely N-dealkylation sites (tertiary alicyclic amines) is 2. The largest absolute Gasteiger partial charge is 0.396 e. The Hall–Kier alpha value is -1.46. The van der Waals surface area contributed by atoms with Gasteiger partial charge in [0.25, 0.3) is 5.91 Å². The third kappa shape index (κ3) is 2.76. The fourth-order valence-corrected chi connectivity index (χ4v) is 4.18. The van der Waals surface area contributed by atoms with Gasteiger partial charge in [0.15, 0.2) is 0 Å². The van der Waals surface area contributed by atoms with Gasteiger partial charge < -0.3 is 10.0 Å². The number of nitrogens with zero attached hydrogens (tertiary/aromatic N) is 2. The molecule has 4 rings (SSSR count). The van der Waals surface area contributed by atoms with Gasteiger partial charge in [-0.15, -0.1) is 0 Å². The van der Waals surface area contributed by atoms with Gasteiger partial charge in [0.05, 0.1) is 5.54 Å². The molecule has 0 bridgehead atoms. The number of aliphatic hydroxyl groups excluding tert-OH is 1. The fraction of sp³-hybridized carbons (Fsp3) is 0.611. The lowest BCUT2D eigenvalue weighted by atomic mass is 9.84. The summed E-state index contributed by atoms with van der Waals surface area (Å²) in [7, 11) is 0. The van der Waals surface area contributed by atoms with Gasteiger partial charge in [-0.3, -0.25) is 9.69 Å². The second kappa shape index (κ2) is 5.56. The highest BCUT2D eigenvalue weighted by atomic mass is 19.1. The number of halogens is 1. The first-order valence-corrected chi connectivity index (χ1v) is 8.50. The first-order chi connectivity index (χ1) is 11.1. The van der Waals surface area contributed by atoms with Crippen LogP contribution in [0.4, 0.5) is 4.39 Å².